The molecule has 2 N–H and O–H groups in total. The van der Waals surface area contributed by atoms with E-state index in [9.17, 15) is 0 Å². The van der Waals surface area contributed by atoms with E-state index in [0.29, 0.717) is 22.5 Å². The van der Waals surface area contributed by atoms with E-state index in [1.165, 1.54) is 16.0 Å². The number of nitrogens with two attached hydrogens (primary N) is 1. The first-order chi connectivity index (χ1) is 12.7. The molecule has 0 bridgehead atoms. The summed E-state index contributed by atoms with van der Waals surface area (Å²) in [7, 11) is 0. The molecule has 3 aromatic rings. The van der Waals surface area contributed by atoms with Crippen LogP contribution in [0.15, 0.2) is 77.7 Å². The Kier molecular flexibility index (Phi) is 7.04. The normalized spacial score (nSPS) is 12.1. The van der Waals surface area contributed by atoms with Gasteiger partial charge >= 0.3 is 0 Å². The fourth-order valence-electron chi connectivity index (χ4n) is 2.97. The Morgan fingerprint density at radius 1 is 0.846 bits per heavy atom. The molecule has 3 rings (SSSR count). The molecule has 0 saturated carbocycles. The fraction of sp³-hybridized carbons (Fsp3) is 0.182. The maximum atomic E-state index is 6.26. The van der Waals surface area contributed by atoms with Crippen LogP contribution in [0.25, 0.3) is 0 Å². The summed E-state index contributed by atoms with van der Waals surface area (Å²) in [6.07, 6.45) is 0.941. The first kappa shape index (κ1) is 19.3. The topological polar surface area (TPSA) is 26.0 Å². The highest BCUT2D eigenvalue weighted by atomic mass is 35.5. The molecule has 134 valence electrons. The smallest absolute Gasteiger partial charge is 0.0461 e. The van der Waals surface area contributed by atoms with Gasteiger partial charge in [-0.25, -0.2) is 0 Å². The lowest BCUT2D eigenvalue weighted by Gasteiger charge is -2.17. The third-order valence-electron chi connectivity index (χ3n) is 4.35. The zero-order chi connectivity index (χ0) is 18.4. The van der Waals surface area contributed by atoms with Crippen LogP contribution in [0.1, 0.15) is 29.0 Å². The maximum absolute atomic E-state index is 6.26. The van der Waals surface area contributed by atoms with Gasteiger partial charge in [0.15, 0.2) is 0 Å². The molecule has 0 aliphatic carbocycles. The summed E-state index contributed by atoms with van der Waals surface area (Å²) in [5, 5.41) is 1.38. The molecule has 0 amide bonds. The van der Waals surface area contributed by atoms with Crippen molar-refractivity contribution in [2.75, 3.05) is 6.54 Å². The summed E-state index contributed by atoms with van der Waals surface area (Å²) < 4.78 is 0. The lowest BCUT2D eigenvalue weighted by Crippen LogP contribution is -2.08. The lowest BCUT2D eigenvalue weighted by atomic mass is 9.89. The van der Waals surface area contributed by atoms with E-state index >= 15 is 0 Å². The number of thioether (sulfide) groups is 1. The molecule has 0 aliphatic heterocycles. The Morgan fingerprint density at radius 2 is 1.54 bits per heavy atom. The van der Waals surface area contributed by atoms with E-state index in [-0.39, 0.29) is 0 Å². The summed E-state index contributed by atoms with van der Waals surface area (Å²) in [6.45, 7) is 0.672. The van der Waals surface area contributed by atoms with Gasteiger partial charge in [0.25, 0.3) is 0 Å². The van der Waals surface area contributed by atoms with Crippen molar-refractivity contribution < 1.29 is 0 Å². The van der Waals surface area contributed by atoms with Gasteiger partial charge in [0.1, 0.15) is 0 Å². The van der Waals surface area contributed by atoms with E-state index in [4.69, 9.17) is 28.9 Å². The van der Waals surface area contributed by atoms with Crippen molar-refractivity contribution in [3.63, 3.8) is 0 Å². The minimum atomic E-state index is 0.339. The van der Waals surface area contributed by atoms with Crippen LogP contribution in [0, 0.1) is 0 Å². The molecular formula is C22H21Cl2NS. The first-order valence-electron chi connectivity index (χ1n) is 8.59. The van der Waals surface area contributed by atoms with Gasteiger partial charge in [-0.15, -0.1) is 11.8 Å². The Labute approximate surface area is 169 Å². The SMILES string of the molecule is NCCC(c1ccccc1)c1ccc(SCc2ccc(Cl)cc2Cl)cc1. The standard InChI is InChI=1S/C22H21Cl2NS/c23-19-9-6-18(22(24)14-19)15-26-20-10-7-17(8-11-20)21(12-13-25)16-4-2-1-3-5-16/h1-11,14,21H,12-13,15,25H2. The number of halogens is 2. The van der Waals surface area contributed by atoms with Crippen LogP contribution in [0.3, 0.4) is 0 Å². The molecule has 1 nitrogen and oxygen atoms in total. The number of hydrogen-bond acceptors (Lipinski definition) is 2. The number of rotatable bonds is 7. The largest absolute Gasteiger partial charge is 0.330 e. The number of hydrogen-bond donors (Lipinski definition) is 1. The summed E-state index contributed by atoms with van der Waals surface area (Å²) in [6, 6.07) is 25.0. The van der Waals surface area contributed by atoms with Gasteiger partial charge in [0.2, 0.25) is 0 Å². The molecule has 3 aromatic carbocycles. The molecule has 4 heteroatoms. The van der Waals surface area contributed by atoms with Gasteiger partial charge in [-0.05, 0) is 53.9 Å². The summed E-state index contributed by atoms with van der Waals surface area (Å²) in [5.41, 5.74) is 9.55. The molecule has 26 heavy (non-hydrogen) atoms. The highest BCUT2D eigenvalue weighted by Crippen LogP contribution is 2.32. The molecule has 0 aliphatic rings. The van der Waals surface area contributed by atoms with Crippen molar-refractivity contribution in [1.82, 2.24) is 0 Å². The van der Waals surface area contributed by atoms with Crippen LogP contribution < -0.4 is 5.73 Å². The highest BCUT2D eigenvalue weighted by molar-refractivity contribution is 7.98. The molecule has 0 heterocycles. The zero-order valence-corrected chi connectivity index (χ0v) is 16.7. The molecule has 0 radical (unpaired) electrons. The average molecular weight is 402 g/mol. The van der Waals surface area contributed by atoms with Crippen molar-refractivity contribution in [3.05, 3.63) is 99.5 Å². The number of benzene rings is 3. The Balaban J connectivity index is 1.70. The summed E-state index contributed by atoms with van der Waals surface area (Å²) >= 11 is 14.0. The predicted octanol–water partition coefficient (Wildman–Crippen LogP) is 6.77. The van der Waals surface area contributed by atoms with E-state index in [1.54, 1.807) is 17.8 Å². The van der Waals surface area contributed by atoms with Crippen molar-refractivity contribution in [2.24, 2.45) is 5.73 Å². The van der Waals surface area contributed by atoms with E-state index in [1.807, 2.05) is 18.2 Å². The van der Waals surface area contributed by atoms with Crippen LogP contribution >= 0.6 is 35.0 Å². The molecule has 1 atom stereocenters. The molecule has 0 spiro atoms. The van der Waals surface area contributed by atoms with Crippen LogP contribution in [0.2, 0.25) is 10.0 Å². The van der Waals surface area contributed by atoms with Crippen molar-refractivity contribution >= 4 is 35.0 Å². The Hall–Kier alpha value is -1.45. The van der Waals surface area contributed by atoms with Crippen LogP contribution in [-0.2, 0) is 5.75 Å². The van der Waals surface area contributed by atoms with Gasteiger partial charge in [-0.1, -0.05) is 71.7 Å². The van der Waals surface area contributed by atoms with E-state index < -0.39 is 0 Å². The van der Waals surface area contributed by atoms with E-state index in [2.05, 4.69) is 48.5 Å². The first-order valence-corrected chi connectivity index (χ1v) is 10.3. The van der Waals surface area contributed by atoms with Crippen molar-refractivity contribution in [1.29, 1.82) is 0 Å². The maximum Gasteiger partial charge on any atom is 0.0461 e. The molecule has 0 fully saturated rings. The summed E-state index contributed by atoms with van der Waals surface area (Å²) in [4.78, 5) is 1.22. The Bertz CT molecular complexity index is 835. The second-order valence-electron chi connectivity index (χ2n) is 6.13. The molecule has 0 aromatic heterocycles. The molecule has 1 unspecified atom stereocenters. The minimum absolute atomic E-state index is 0.339. The van der Waals surface area contributed by atoms with Crippen molar-refractivity contribution in [2.45, 2.75) is 23.0 Å². The monoisotopic (exact) mass is 401 g/mol. The quantitative estimate of drug-likeness (QED) is 0.442. The van der Waals surface area contributed by atoms with E-state index in [0.717, 1.165) is 17.7 Å². The summed E-state index contributed by atoms with van der Waals surface area (Å²) in [5.74, 6) is 1.16. The lowest BCUT2D eigenvalue weighted by molar-refractivity contribution is 0.725. The van der Waals surface area contributed by atoms with Gasteiger partial charge in [-0.3, -0.25) is 0 Å². The van der Waals surface area contributed by atoms with Gasteiger partial charge in [0.05, 0.1) is 0 Å². The molecule has 0 saturated heterocycles. The minimum Gasteiger partial charge on any atom is -0.330 e. The van der Waals surface area contributed by atoms with Crippen LogP contribution in [0.4, 0.5) is 0 Å². The van der Waals surface area contributed by atoms with Gasteiger partial charge in [0, 0.05) is 26.6 Å². The van der Waals surface area contributed by atoms with Crippen LogP contribution in [0.5, 0.6) is 0 Å². The van der Waals surface area contributed by atoms with Gasteiger partial charge < -0.3 is 5.73 Å². The van der Waals surface area contributed by atoms with Crippen LogP contribution in [-0.4, -0.2) is 6.54 Å². The Morgan fingerprint density at radius 3 is 2.19 bits per heavy atom. The zero-order valence-electron chi connectivity index (χ0n) is 14.4. The highest BCUT2D eigenvalue weighted by Gasteiger charge is 2.13. The van der Waals surface area contributed by atoms with Gasteiger partial charge in [-0.2, -0.15) is 0 Å². The third-order valence-corrected chi connectivity index (χ3v) is 6.00. The third kappa shape index (κ3) is 5.05. The second-order valence-corrected chi connectivity index (χ2v) is 8.03. The van der Waals surface area contributed by atoms with Crippen molar-refractivity contribution in [3.8, 4) is 0 Å². The second kappa shape index (κ2) is 9.48. The average Bonchev–Trinajstić information content (AvgIpc) is 2.67. The fourth-order valence-corrected chi connectivity index (χ4v) is 4.43. The predicted molar refractivity (Wildman–Crippen MR) is 114 cm³/mol. The molecular weight excluding hydrogens is 381 g/mol.